The molecule has 0 saturated carbocycles. The highest BCUT2D eigenvalue weighted by Crippen LogP contribution is 2.33. The van der Waals surface area contributed by atoms with Crippen LogP contribution < -0.4 is 4.74 Å². The lowest BCUT2D eigenvalue weighted by molar-refractivity contribution is -0.142. The van der Waals surface area contributed by atoms with E-state index in [2.05, 4.69) is 15.9 Å². The monoisotopic (exact) mass is 461 g/mol. The van der Waals surface area contributed by atoms with E-state index in [1.165, 1.54) is 4.90 Å². The molecule has 3 rings (SSSR count). The third-order valence-electron chi connectivity index (χ3n) is 4.51. The molecule has 7 heteroatoms. The SMILES string of the molecule is CC(C)(C)OC(=O)N1C[C@H](Oc2ccc(-c3ccccc3)cc2Br)C[C@H]1C(=O)O. The Labute approximate surface area is 178 Å². The molecule has 29 heavy (non-hydrogen) atoms. The molecule has 1 heterocycles. The summed E-state index contributed by atoms with van der Waals surface area (Å²) in [5.41, 5.74) is 1.42. The van der Waals surface area contributed by atoms with Gasteiger partial charge in [0.1, 0.15) is 23.5 Å². The van der Waals surface area contributed by atoms with E-state index in [0.29, 0.717) is 5.75 Å². The molecule has 1 aliphatic heterocycles. The van der Waals surface area contributed by atoms with Crippen molar-refractivity contribution in [3.8, 4) is 16.9 Å². The maximum atomic E-state index is 12.4. The third kappa shape index (κ3) is 5.29. The topological polar surface area (TPSA) is 76.1 Å². The van der Waals surface area contributed by atoms with Crippen LogP contribution in [0.3, 0.4) is 0 Å². The average molecular weight is 462 g/mol. The van der Waals surface area contributed by atoms with E-state index < -0.39 is 29.8 Å². The number of halogens is 1. The summed E-state index contributed by atoms with van der Waals surface area (Å²) in [5, 5.41) is 9.52. The number of benzene rings is 2. The summed E-state index contributed by atoms with van der Waals surface area (Å²) in [5.74, 6) is -0.467. The lowest BCUT2D eigenvalue weighted by Gasteiger charge is -2.26. The van der Waals surface area contributed by atoms with E-state index in [1.54, 1.807) is 20.8 Å². The van der Waals surface area contributed by atoms with Gasteiger partial charge in [0, 0.05) is 6.42 Å². The number of amides is 1. The van der Waals surface area contributed by atoms with Crippen molar-refractivity contribution in [3.05, 3.63) is 53.0 Å². The normalized spacial score (nSPS) is 19.1. The lowest BCUT2D eigenvalue weighted by atomic mass is 10.1. The number of nitrogens with zero attached hydrogens (tertiary/aromatic N) is 1. The Morgan fingerprint density at radius 2 is 1.79 bits per heavy atom. The zero-order valence-electron chi connectivity index (χ0n) is 16.6. The summed E-state index contributed by atoms with van der Waals surface area (Å²) in [6.45, 7) is 5.39. The van der Waals surface area contributed by atoms with E-state index in [9.17, 15) is 14.7 Å². The van der Waals surface area contributed by atoms with Crippen molar-refractivity contribution >= 4 is 28.0 Å². The van der Waals surface area contributed by atoms with Gasteiger partial charge in [-0.15, -0.1) is 0 Å². The van der Waals surface area contributed by atoms with Gasteiger partial charge in [0.15, 0.2) is 0 Å². The van der Waals surface area contributed by atoms with Gasteiger partial charge in [-0.05, 0) is 60.0 Å². The number of ether oxygens (including phenoxy) is 2. The van der Waals surface area contributed by atoms with Gasteiger partial charge in [0.2, 0.25) is 0 Å². The standard InChI is InChI=1S/C22H24BrNO5/c1-22(2,3)29-21(27)24-13-16(12-18(24)20(25)26)28-19-10-9-15(11-17(19)23)14-7-5-4-6-8-14/h4-11,16,18H,12-13H2,1-3H3,(H,25,26)/t16-,18+/m1/s1. The first-order valence-electron chi connectivity index (χ1n) is 9.38. The predicted molar refractivity (Wildman–Crippen MR) is 113 cm³/mol. The number of hydrogen-bond acceptors (Lipinski definition) is 4. The first-order chi connectivity index (χ1) is 13.6. The van der Waals surface area contributed by atoms with E-state index in [-0.39, 0.29) is 13.0 Å². The molecule has 0 spiro atoms. The Morgan fingerprint density at radius 3 is 2.38 bits per heavy atom. The van der Waals surface area contributed by atoms with E-state index >= 15 is 0 Å². The van der Waals surface area contributed by atoms with E-state index in [0.717, 1.165) is 15.6 Å². The Kier molecular flexibility index (Phi) is 6.17. The molecule has 0 aromatic heterocycles. The van der Waals surface area contributed by atoms with Crippen molar-refractivity contribution in [3.63, 3.8) is 0 Å². The van der Waals surface area contributed by atoms with Gasteiger partial charge in [-0.25, -0.2) is 9.59 Å². The number of carbonyl (C=O) groups is 2. The van der Waals surface area contributed by atoms with Crippen LogP contribution in [0.4, 0.5) is 4.79 Å². The zero-order chi connectivity index (χ0) is 21.2. The van der Waals surface area contributed by atoms with Gasteiger partial charge in [-0.3, -0.25) is 4.90 Å². The van der Waals surface area contributed by atoms with Gasteiger partial charge in [0.05, 0.1) is 11.0 Å². The maximum Gasteiger partial charge on any atom is 0.411 e. The number of hydrogen-bond donors (Lipinski definition) is 1. The van der Waals surface area contributed by atoms with Crippen LogP contribution in [0.2, 0.25) is 0 Å². The zero-order valence-corrected chi connectivity index (χ0v) is 18.2. The molecule has 2 atom stereocenters. The van der Waals surface area contributed by atoms with Crippen molar-refractivity contribution in [1.29, 1.82) is 0 Å². The molecule has 1 fully saturated rings. The highest BCUT2D eigenvalue weighted by molar-refractivity contribution is 9.10. The number of carbonyl (C=O) groups excluding carboxylic acids is 1. The summed E-state index contributed by atoms with van der Waals surface area (Å²) in [6, 6.07) is 14.7. The van der Waals surface area contributed by atoms with Crippen LogP contribution in [0.5, 0.6) is 5.75 Å². The van der Waals surface area contributed by atoms with Gasteiger partial charge in [-0.1, -0.05) is 36.4 Å². The summed E-state index contributed by atoms with van der Waals surface area (Å²) in [6.07, 6.45) is -0.890. The predicted octanol–water partition coefficient (Wildman–Crippen LogP) is 4.96. The first kappa shape index (κ1) is 21.2. The van der Waals surface area contributed by atoms with Crippen LogP contribution in [-0.4, -0.2) is 46.4 Å². The van der Waals surface area contributed by atoms with Crippen LogP contribution in [0.15, 0.2) is 53.0 Å². The molecule has 2 aromatic rings. The second-order valence-corrected chi connectivity index (χ2v) is 8.83. The minimum absolute atomic E-state index is 0.152. The first-order valence-corrected chi connectivity index (χ1v) is 10.2. The smallest absolute Gasteiger partial charge is 0.411 e. The Balaban J connectivity index is 1.73. The molecule has 2 aromatic carbocycles. The summed E-state index contributed by atoms with van der Waals surface area (Å²) in [7, 11) is 0. The Bertz CT molecular complexity index is 894. The van der Waals surface area contributed by atoms with Crippen LogP contribution in [0.25, 0.3) is 11.1 Å². The lowest BCUT2D eigenvalue weighted by Crippen LogP contribution is -2.43. The van der Waals surface area contributed by atoms with Crippen LogP contribution >= 0.6 is 15.9 Å². The van der Waals surface area contributed by atoms with E-state index in [1.807, 2.05) is 48.5 Å². The van der Waals surface area contributed by atoms with Crippen molar-refractivity contribution in [2.24, 2.45) is 0 Å². The van der Waals surface area contributed by atoms with Gasteiger partial charge < -0.3 is 14.6 Å². The molecule has 1 aliphatic rings. The fourth-order valence-corrected chi connectivity index (χ4v) is 3.70. The Morgan fingerprint density at radius 1 is 1.10 bits per heavy atom. The number of carboxylic acid groups (broad SMARTS) is 1. The van der Waals surface area contributed by atoms with Crippen molar-refractivity contribution in [2.45, 2.75) is 44.9 Å². The number of aliphatic carboxylic acids is 1. The molecule has 0 unspecified atom stereocenters. The molecule has 6 nitrogen and oxygen atoms in total. The van der Waals surface area contributed by atoms with Gasteiger partial charge in [0.25, 0.3) is 0 Å². The fourth-order valence-electron chi connectivity index (χ4n) is 3.23. The van der Waals surface area contributed by atoms with Crippen molar-refractivity contribution in [1.82, 2.24) is 4.90 Å². The second kappa shape index (κ2) is 8.45. The summed E-state index contributed by atoms with van der Waals surface area (Å²) >= 11 is 3.53. The number of carboxylic acids is 1. The van der Waals surface area contributed by atoms with Crippen LogP contribution in [0, 0.1) is 0 Å². The second-order valence-electron chi connectivity index (χ2n) is 7.97. The maximum absolute atomic E-state index is 12.4. The highest BCUT2D eigenvalue weighted by Gasteiger charge is 2.42. The minimum Gasteiger partial charge on any atom is -0.487 e. The van der Waals surface area contributed by atoms with E-state index in [4.69, 9.17) is 9.47 Å². The number of rotatable bonds is 4. The molecule has 1 amide bonds. The van der Waals surface area contributed by atoms with Crippen LogP contribution in [0.1, 0.15) is 27.2 Å². The molecule has 1 N–H and O–H groups in total. The number of likely N-dealkylation sites (tertiary alicyclic amines) is 1. The Hall–Kier alpha value is -2.54. The fraction of sp³-hybridized carbons (Fsp3) is 0.364. The molecule has 0 aliphatic carbocycles. The molecule has 1 saturated heterocycles. The quantitative estimate of drug-likeness (QED) is 0.696. The van der Waals surface area contributed by atoms with Crippen LogP contribution in [-0.2, 0) is 9.53 Å². The summed E-state index contributed by atoms with van der Waals surface area (Å²) < 4.78 is 12.1. The highest BCUT2D eigenvalue weighted by atomic mass is 79.9. The van der Waals surface area contributed by atoms with Gasteiger partial charge in [-0.2, -0.15) is 0 Å². The van der Waals surface area contributed by atoms with Gasteiger partial charge >= 0.3 is 12.1 Å². The molecular formula is C22H24BrNO5. The van der Waals surface area contributed by atoms with Crippen molar-refractivity contribution in [2.75, 3.05) is 6.54 Å². The minimum atomic E-state index is -1.07. The molecular weight excluding hydrogens is 438 g/mol. The third-order valence-corrected chi connectivity index (χ3v) is 5.13. The molecule has 154 valence electrons. The van der Waals surface area contributed by atoms with Crippen molar-refractivity contribution < 1.29 is 24.2 Å². The average Bonchev–Trinajstić information content (AvgIpc) is 3.07. The molecule has 0 bridgehead atoms. The summed E-state index contributed by atoms with van der Waals surface area (Å²) in [4.78, 5) is 25.3. The largest absolute Gasteiger partial charge is 0.487 e. The molecule has 0 radical (unpaired) electrons.